The third-order valence-corrected chi connectivity index (χ3v) is 5.26. The molecule has 3 aromatic carbocycles. The molecule has 0 saturated carbocycles. The molecule has 6 nitrogen and oxygen atoms in total. The average Bonchev–Trinajstić information content (AvgIpc) is 2.77. The molecule has 0 radical (unpaired) electrons. The highest BCUT2D eigenvalue weighted by Gasteiger charge is 2.14. The normalized spacial score (nSPS) is 10.7. The topological polar surface area (TPSA) is 79.8 Å². The minimum atomic E-state index is -0.899. The Morgan fingerprint density at radius 1 is 1.03 bits per heavy atom. The smallest absolute Gasteiger partial charge is 0.329 e. The van der Waals surface area contributed by atoms with E-state index < -0.39 is 11.8 Å². The Balaban J connectivity index is 1.58. The quantitative estimate of drug-likeness (QED) is 0.281. The molecule has 2 amide bonds. The molecule has 8 heteroatoms. The number of anilines is 1. The summed E-state index contributed by atoms with van der Waals surface area (Å²) in [7, 11) is 0. The number of nitrogens with zero attached hydrogens (tertiary/aromatic N) is 1. The van der Waals surface area contributed by atoms with E-state index in [0.717, 1.165) is 10.0 Å². The predicted molar refractivity (Wildman–Crippen MR) is 125 cm³/mol. The Hall–Kier alpha value is -3.16. The summed E-state index contributed by atoms with van der Waals surface area (Å²) < 4.78 is 6.85. The van der Waals surface area contributed by atoms with Crippen molar-refractivity contribution in [2.45, 2.75) is 13.5 Å². The van der Waals surface area contributed by atoms with E-state index >= 15 is 0 Å². The third-order valence-electron chi connectivity index (χ3n) is 4.32. The number of halogens is 2. The highest BCUT2D eigenvalue weighted by molar-refractivity contribution is 9.10. The van der Waals surface area contributed by atoms with Crippen LogP contribution in [0.1, 0.15) is 16.7 Å². The van der Waals surface area contributed by atoms with Gasteiger partial charge >= 0.3 is 11.8 Å². The molecule has 31 heavy (non-hydrogen) atoms. The van der Waals surface area contributed by atoms with Crippen LogP contribution >= 0.6 is 27.5 Å². The second-order valence-electron chi connectivity index (χ2n) is 6.52. The largest absolute Gasteiger partial charge is 0.488 e. The van der Waals surface area contributed by atoms with Gasteiger partial charge in [-0.2, -0.15) is 5.10 Å². The van der Waals surface area contributed by atoms with E-state index in [9.17, 15) is 9.59 Å². The van der Waals surface area contributed by atoms with E-state index in [1.807, 2.05) is 36.4 Å². The second kappa shape index (κ2) is 10.7. The first-order valence-electron chi connectivity index (χ1n) is 9.30. The van der Waals surface area contributed by atoms with E-state index in [1.54, 1.807) is 37.3 Å². The Kier molecular flexibility index (Phi) is 7.81. The highest BCUT2D eigenvalue weighted by atomic mass is 79.9. The van der Waals surface area contributed by atoms with Gasteiger partial charge in [-0.3, -0.25) is 9.59 Å². The van der Waals surface area contributed by atoms with Crippen LogP contribution in [0.15, 0.2) is 76.3 Å². The maximum atomic E-state index is 12.1. The predicted octanol–water partition coefficient (Wildman–Crippen LogP) is 5.08. The molecule has 3 rings (SSSR count). The minimum absolute atomic E-state index is 0.381. The molecule has 158 valence electrons. The van der Waals surface area contributed by atoms with Crippen molar-refractivity contribution in [3.63, 3.8) is 0 Å². The van der Waals surface area contributed by atoms with Crippen LogP contribution in [-0.2, 0) is 16.2 Å². The summed E-state index contributed by atoms with van der Waals surface area (Å²) in [4.78, 5) is 24.2. The molecule has 0 bridgehead atoms. The number of carbonyl (C=O) groups is 2. The summed E-state index contributed by atoms with van der Waals surface area (Å²) in [6, 6.07) is 20.1. The number of hydrogen-bond donors (Lipinski definition) is 2. The van der Waals surface area contributed by atoms with Crippen molar-refractivity contribution >= 4 is 51.2 Å². The van der Waals surface area contributed by atoms with Gasteiger partial charge < -0.3 is 10.1 Å². The molecule has 0 aliphatic rings. The summed E-state index contributed by atoms with van der Waals surface area (Å²) in [6.45, 7) is 2.13. The number of para-hydroxylation sites is 1. The standard InChI is InChI=1S/C23H19BrClN3O3/c1-15-19(25)6-4-7-20(15)27-22(29)23(30)28-26-13-17-5-2-3-8-21(17)31-14-16-9-11-18(24)12-10-16/h2-13H,14H2,1H3,(H,27,29)(H,28,30)/b26-13-. The fourth-order valence-corrected chi connectivity index (χ4v) is 3.03. The van der Waals surface area contributed by atoms with Crippen molar-refractivity contribution in [3.05, 3.63) is 92.9 Å². The van der Waals surface area contributed by atoms with Crippen LogP contribution in [-0.4, -0.2) is 18.0 Å². The number of hydrazone groups is 1. The summed E-state index contributed by atoms with van der Waals surface area (Å²) in [5, 5.41) is 6.89. The maximum Gasteiger partial charge on any atom is 0.329 e. The van der Waals surface area contributed by atoms with Gasteiger partial charge in [-0.1, -0.05) is 57.9 Å². The second-order valence-corrected chi connectivity index (χ2v) is 7.84. The first-order chi connectivity index (χ1) is 14.9. The monoisotopic (exact) mass is 499 g/mol. The van der Waals surface area contributed by atoms with E-state index in [0.29, 0.717) is 34.2 Å². The van der Waals surface area contributed by atoms with Crippen LogP contribution in [0.5, 0.6) is 5.75 Å². The van der Waals surface area contributed by atoms with Gasteiger partial charge in [0.25, 0.3) is 0 Å². The molecule has 0 fully saturated rings. The molecule has 0 atom stereocenters. The molecular formula is C23H19BrClN3O3. The van der Waals surface area contributed by atoms with E-state index in [1.165, 1.54) is 6.21 Å². The van der Waals surface area contributed by atoms with Gasteiger partial charge in [-0.25, -0.2) is 5.43 Å². The zero-order chi connectivity index (χ0) is 22.2. The summed E-state index contributed by atoms with van der Waals surface area (Å²) in [6.07, 6.45) is 1.42. The van der Waals surface area contributed by atoms with Crippen LogP contribution < -0.4 is 15.5 Å². The summed E-state index contributed by atoms with van der Waals surface area (Å²) >= 11 is 9.43. The molecule has 0 saturated heterocycles. The fourth-order valence-electron chi connectivity index (χ4n) is 2.59. The fraction of sp³-hybridized carbons (Fsp3) is 0.0870. The Bertz CT molecular complexity index is 1120. The van der Waals surface area contributed by atoms with Crippen molar-refractivity contribution in [2.75, 3.05) is 5.32 Å². The number of nitrogens with one attached hydrogen (secondary N) is 2. The van der Waals surface area contributed by atoms with E-state index in [2.05, 4.69) is 31.8 Å². The zero-order valence-electron chi connectivity index (χ0n) is 16.6. The van der Waals surface area contributed by atoms with Gasteiger partial charge in [0.2, 0.25) is 0 Å². The van der Waals surface area contributed by atoms with Crippen molar-refractivity contribution in [1.29, 1.82) is 0 Å². The van der Waals surface area contributed by atoms with Gasteiger partial charge in [0.1, 0.15) is 12.4 Å². The van der Waals surface area contributed by atoms with Gasteiger partial charge in [-0.15, -0.1) is 0 Å². The summed E-state index contributed by atoms with van der Waals surface area (Å²) in [5.74, 6) is -1.14. The number of carbonyl (C=O) groups excluding carboxylic acids is 2. The molecule has 0 spiro atoms. The first kappa shape index (κ1) is 22.5. The van der Waals surface area contributed by atoms with Crippen LogP contribution in [0.25, 0.3) is 0 Å². The van der Waals surface area contributed by atoms with Gasteiger partial charge in [-0.05, 0) is 54.4 Å². The lowest BCUT2D eigenvalue weighted by Crippen LogP contribution is -2.32. The summed E-state index contributed by atoms with van der Waals surface area (Å²) in [5.41, 5.74) is 5.02. The zero-order valence-corrected chi connectivity index (χ0v) is 18.9. The number of rotatable bonds is 6. The Morgan fingerprint density at radius 2 is 1.77 bits per heavy atom. The van der Waals surface area contributed by atoms with Crippen LogP contribution in [0.4, 0.5) is 5.69 Å². The first-order valence-corrected chi connectivity index (χ1v) is 10.5. The minimum Gasteiger partial charge on any atom is -0.488 e. The number of benzene rings is 3. The lowest BCUT2D eigenvalue weighted by Gasteiger charge is -2.09. The van der Waals surface area contributed by atoms with Crippen LogP contribution in [0.2, 0.25) is 5.02 Å². The average molecular weight is 501 g/mol. The van der Waals surface area contributed by atoms with Crippen molar-refractivity contribution < 1.29 is 14.3 Å². The molecule has 0 unspecified atom stereocenters. The van der Waals surface area contributed by atoms with E-state index in [-0.39, 0.29) is 0 Å². The van der Waals surface area contributed by atoms with Crippen molar-refractivity contribution in [1.82, 2.24) is 5.43 Å². The van der Waals surface area contributed by atoms with Crippen molar-refractivity contribution in [2.24, 2.45) is 5.10 Å². The van der Waals surface area contributed by atoms with E-state index in [4.69, 9.17) is 16.3 Å². The lowest BCUT2D eigenvalue weighted by atomic mass is 10.2. The molecule has 0 aliphatic carbocycles. The van der Waals surface area contributed by atoms with Gasteiger partial charge in [0.05, 0.1) is 6.21 Å². The lowest BCUT2D eigenvalue weighted by molar-refractivity contribution is -0.136. The Morgan fingerprint density at radius 3 is 2.55 bits per heavy atom. The Labute approximate surface area is 193 Å². The van der Waals surface area contributed by atoms with Crippen LogP contribution in [0, 0.1) is 6.92 Å². The molecular weight excluding hydrogens is 482 g/mol. The third kappa shape index (κ3) is 6.41. The maximum absolute atomic E-state index is 12.1. The SMILES string of the molecule is Cc1c(Cl)cccc1NC(=O)C(=O)N/N=C\c1ccccc1OCc1ccc(Br)cc1. The number of hydrogen-bond acceptors (Lipinski definition) is 4. The molecule has 2 N–H and O–H groups in total. The van der Waals surface area contributed by atoms with Gasteiger partial charge in [0, 0.05) is 20.7 Å². The van der Waals surface area contributed by atoms with Crippen molar-refractivity contribution in [3.8, 4) is 5.75 Å². The number of ether oxygens (including phenoxy) is 1. The molecule has 0 heterocycles. The van der Waals surface area contributed by atoms with Gasteiger partial charge in [0.15, 0.2) is 0 Å². The molecule has 0 aliphatic heterocycles. The van der Waals surface area contributed by atoms with Crippen LogP contribution in [0.3, 0.4) is 0 Å². The number of amides is 2. The molecule has 3 aromatic rings. The molecule has 0 aromatic heterocycles. The highest BCUT2D eigenvalue weighted by Crippen LogP contribution is 2.23.